The summed E-state index contributed by atoms with van der Waals surface area (Å²) in [5.74, 6) is 1.13. The van der Waals surface area contributed by atoms with Gasteiger partial charge in [0, 0.05) is 10.6 Å². The summed E-state index contributed by atoms with van der Waals surface area (Å²) < 4.78 is 10.6. The van der Waals surface area contributed by atoms with Crippen LogP contribution in [0.15, 0.2) is 52.4 Å². The minimum atomic E-state index is -0.212. The van der Waals surface area contributed by atoms with Crippen molar-refractivity contribution in [3.63, 3.8) is 0 Å². The highest BCUT2D eigenvalue weighted by Gasteiger charge is 2.24. The van der Waals surface area contributed by atoms with Crippen LogP contribution in [0.1, 0.15) is 5.56 Å². The fraction of sp³-hybridized carbons (Fsp3) is 0.111. The minimum Gasteiger partial charge on any atom is -0.497 e. The molecule has 0 aliphatic carbocycles. The van der Waals surface area contributed by atoms with E-state index in [1.807, 2.05) is 12.1 Å². The molecule has 7 heteroatoms. The molecule has 0 aromatic heterocycles. The van der Waals surface area contributed by atoms with E-state index in [1.54, 1.807) is 50.6 Å². The van der Waals surface area contributed by atoms with Crippen LogP contribution in [0.2, 0.25) is 5.02 Å². The van der Waals surface area contributed by atoms with Crippen LogP contribution in [-0.4, -0.2) is 25.3 Å². The van der Waals surface area contributed by atoms with Crippen molar-refractivity contribution in [3.8, 4) is 11.5 Å². The van der Waals surface area contributed by atoms with Gasteiger partial charge in [0.25, 0.3) is 5.91 Å². The zero-order valence-electron chi connectivity index (χ0n) is 13.6. The van der Waals surface area contributed by atoms with Gasteiger partial charge in [-0.2, -0.15) is 0 Å². The summed E-state index contributed by atoms with van der Waals surface area (Å²) in [5, 5.41) is 3.84. The van der Waals surface area contributed by atoms with Crippen molar-refractivity contribution in [2.45, 2.75) is 0 Å². The Kier molecular flexibility index (Phi) is 5.31. The normalized spacial score (nSPS) is 17.0. The summed E-state index contributed by atoms with van der Waals surface area (Å²) in [6.45, 7) is 0. The van der Waals surface area contributed by atoms with E-state index in [1.165, 1.54) is 11.8 Å². The first-order valence-electron chi connectivity index (χ1n) is 7.36. The van der Waals surface area contributed by atoms with E-state index in [0.29, 0.717) is 32.3 Å². The molecular weight excluding hydrogens is 360 g/mol. The second-order valence-corrected chi connectivity index (χ2v) is 6.54. The van der Waals surface area contributed by atoms with E-state index in [4.69, 9.17) is 21.1 Å². The molecule has 0 saturated carbocycles. The van der Waals surface area contributed by atoms with Crippen molar-refractivity contribution >= 4 is 46.2 Å². The lowest BCUT2D eigenvalue weighted by Gasteiger charge is -2.07. The van der Waals surface area contributed by atoms with Crippen LogP contribution >= 0.6 is 23.4 Å². The Morgan fingerprint density at radius 1 is 1.16 bits per heavy atom. The summed E-state index contributed by atoms with van der Waals surface area (Å²) in [4.78, 5) is 17.1. The van der Waals surface area contributed by atoms with E-state index < -0.39 is 0 Å². The molecule has 2 aromatic rings. The molecule has 1 aliphatic heterocycles. The fourth-order valence-electron chi connectivity index (χ4n) is 2.24. The number of aliphatic imine (C=N–C) groups is 1. The Hall–Kier alpha value is -2.44. The van der Waals surface area contributed by atoms with E-state index in [-0.39, 0.29) is 5.91 Å². The van der Waals surface area contributed by atoms with Crippen LogP contribution in [0.25, 0.3) is 6.08 Å². The lowest BCUT2D eigenvalue weighted by Crippen LogP contribution is -2.19. The molecule has 0 atom stereocenters. The third kappa shape index (κ3) is 4.15. The van der Waals surface area contributed by atoms with Crippen molar-refractivity contribution in [1.82, 2.24) is 5.32 Å². The van der Waals surface area contributed by atoms with Crippen molar-refractivity contribution in [2.24, 2.45) is 4.99 Å². The number of hydrogen-bond acceptors (Lipinski definition) is 5. The molecule has 1 aliphatic rings. The Morgan fingerprint density at radius 3 is 2.72 bits per heavy atom. The summed E-state index contributed by atoms with van der Waals surface area (Å²) in [5.41, 5.74) is 1.43. The number of amidine groups is 1. The first-order valence-corrected chi connectivity index (χ1v) is 8.55. The van der Waals surface area contributed by atoms with Gasteiger partial charge in [-0.15, -0.1) is 0 Å². The van der Waals surface area contributed by atoms with E-state index in [2.05, 4.69) is 10.3 Å². The number of rotatable bonds is 4. The first-order chi connectivity index (χ1) is 12.1. The minimum absolute atomic E-state index is 0.212. The van der Waals surface area contributed by atoms with Gasteiger partial charge in [0.1, 0.15) is 11.5 Å². The van der Waals surface area contributed by atoms with Crippen LogP contribution in [-0.2, 0) is 4.79 Å². The number of carbonyl (C=O) groups is 1. The smallest absolute Gasteiger partial charge is 0.264 e. The Labute approximate surface area is 154 Å². The third-order valence-electron chi connectivity index (χ3n) is 3.41. The van der Waals surface area contributed by atoms with Gasteiger partial charge >= 0.3 is 0 Å². The van der Waals surface area contributed by atoms with E-state index >= 15 is 0 Å². The first kappa shape index (κ1) is 17.4. The number of carbonyl (C=O) groups excluding carboxylic acids is 1. The number of hydrogen-bond donors (Lipinski definition) is 1. The molecule has 0 unspecified atom stereocenters. The van der Waals surface area contributed by atoms with Crippen molar-refractivity contribution in [3.05, 3.63) is 58.0 Å². The molecule has 5 nitrogen and oxygen atoms in total. The summed E-state index contributed by atoms with van der Waals surface area (Å²) >= 11 is 7.21. The zero-order chi connectivity index (χ0) is 17.8. The molecule has 1 N–H and O–H groups in total. The van der Waals surface area contributed by atoms with E-state index in [0.717, 1.165) is 5.56 Å². The Balaban J connectivity index is 1.89. The van der Waals surface area contributed by atoms with Gasteiger partial charge in [-0.05, 0) is 54.2 Å². The Bertz CT molecular complexity index is 880. The standard InChI is InChI=1S/C18H15ClN2O3S/c1-23-14-6-7-15(24-2)11(8-14)9-16-17(22)21-18(25-16)20-13-5-3-4-12(19)10-13/h3-10H,1-2H3,(H,20,21,22). The van der Waals surface area contributed by atoms with Gasteiger partial charge in [0.05, 0.1) is 24.8 Å². The average Bonchev–Trinajstić information content (AvgIpc) is 2.94. The predicted octanol–water partition coefficient (Wildman–Crippen LogP) is 4.25. The molecule has 0 bridgehead atoms. The molecule has 1 amide bonds. The Morgan fingerprint density at radius 2 is 2.00 bits per heavy atom. The predicted molar refractivity (Wildman–Crippen MR) is 102 cm³/mol. The second-order valence-electron chi connectivity index (χ2n) is 5.07. The van der Waals surface area contributed by atoms with Gasteiger partial charge in [-0.3, -0.25) is 4.79 Å². The van der Waals surface area contributed by atoms with Gasteiger partial charge < -0.3 is 14.8 Å². The van der Waals surface area contributed by atoms with Crippen molar-refractivity contribution < 1.29 is 14.3 Å². The lowest BCUT2D eigenvalue weighted by molar-refractivity contribution is -0.115. The highest BCUT2D eigenvalue weighted by Crippen LogP contribution is 2.32. The number of ether oxygens (including phenoxy) is 2. The molecule has 1 saturated heterocycles. The molecule has 1 heterocycles. The number of halogens is 1. The molecule has 3 rings (SSSR count). The number of amides is 1. The maximum Gasteiger partial charge on any atom is 0.264 e. The van der Waals surface area contributed by atoms with Crippen molar-refractivity contribution in [1.29, 1.82) is 0 Å². The SMILES string of the molecule is COc1ccc(OC)c(C=C2SC(=Nc3cccc(Cl)c3)NC2=O)c1. The number of methoxy groups -OCH3 is 2. The number of nitrogens with zero attached hydrogens (tertiary/aromatic N) is 1. The summed E-state index contributed by atoms with van der Waals surface area (Å²) in [6, 6.07) is 12.5. The van der Waals surface area contributed by atoms with Crippen LogP contribution in [0.5, 0.6) is 11.5 Å². The highest BCUT2D eigenvalue weighted by atomic mass is 35.5. The number of thioether (sulfide) groups is 1. The second kappa shape index (κ2) is 7.63. The highest BCUT2D eigenvalue weighted by molar-refractivity contribution is 8.18. The maximum atomic E-state index is 12.2. The molecule has 0 radical (unpaired) electrons. The molecule has 25 heavy (non-hydrogen) atoms. The van der Waals surface area contributed by atoms with Crippen molar-refractivity contribution in [2.75, 3.05) is 14.2 Å². The average molecular weight is 375 g/mol. The monoisotopic (exact) mass is 374 g/mol. The van der Waals surface area contributed by atoms with Gasteiger partial charge in [0.2, 0.25) is 0 Å². The molecular formula is C18H15ClN2O3S. The molecule has 1 fully saturated rings. The van der Waals surface area contributed by atoms with Gasteiger partial charge in [-0.1, -0.05) is 17.7 Å². The third-order valence-corrected chi connectivity index (χ3v) is 4.56. The molecule has 0 spiro atoms. The molecule has 128 valence electrons. The summed E-state index contributed by atoms with van der Waals surface area (Å²) in [6.07, 6.45) is 1.75. The fourth-order valence-corrected chi connectivity index (χ4v) is 3.25. The zero-order valence-corrected chi connectivity index (χ0v) is 15.1. The number of nitrogens with one attached hydrogen (secondary N) is 1. The topological polar surface area (TPSA) is 59.9 Å². The van der Waals surface area contributed by atoms with Crippen LogP contribution in [0.4, 0.5) is 5.69 Å². The molecule has 2 aromatic carbocycles. The quantitative estimate of drug-likeness (QED) is 0.813. The van der Waals surface area contributed by atoms with Gasteiger partial charge in [0.15, 0.2) is 5.17 Å². The summed E-state index contributed by atoms with van der Waals surface area (Å²) in [7, 11) is 3.17. The maximum absolute atomic E-state index is 12.2. The van der Waals surface area contributed by atoms with Crippen LogP contribution in [0, 0.1) is 0 Å². The van der Waals surface area contributed by atoms with Crippen LogP contribution < -0.4 is 14.8 Å². The number of benzene rings is 2. The van der Waals surface area contributed by atoms with Crippen LogP contribution in [0.3, 0.4) is 0 Å². The van der Waals surface area contributed by atoms with E-state index in [9.17, 15) is 4.79 Å². The lowest BCUT2D eigenvalue weighted by atomic mass is 10.1. The van der Waals surface area contributed by atoms with Gasteiger partial charge in [-0.25, -0.2) is 4.99 Å². The largest absolute Gasteiger partial charge is 0.497 e.